The van der Waals surface area contributed by atoms with Gasteiger partial charge in [0.05, 0.1) is 34.4 Å². The summed E-state index contributed by atoms with van der Waals surface area (Å²) < 4.78 is 0. The Labute approximate surface area is 143 Å². The number of aromatic amines is 1. The Balaban J connectivity index is 2.28. The number of amides is 1. The van der Waals surface area contributed by atoms with Crippen LogP contribution in [0.4, 0.5) is 5.69 Å². The molecule has 25 heavy (non-hydrogen) atoms. The third-order valence-corrected chi connectivity index (χ3v) is 3.96. The first-order chi connectivity index (χ1) is 11.9. The molecule has 0 radical (unpaired) electrons. The van der Waals surface area contributed by atoms with Gasteiger partial charge in [0, 0.05) is 29.8 Å². The van der Waals surface area contributed by atoms with E-state index < -0.39 is 0 Å². The van der Waals surface area contributed by atoms with Gasteiger partial charge < -0.3 is 15.8 Å². The van der Waals surface area contributed by atoms with Gasteiger partial charge in [-0.05, 0) is 18.1 Å². The van der Waals surface area contributed by atoms with Crippen LogP contribution in [0.25, 0.3) is 21.8 Å². The molecule has 0 aliphatic rings. The molecule has 4 N–H and O–H groups in total. The van der Waals surface area contributed by atoms with Gasteiger partial charge in [-0.15, -0.1) is 0 Å². The number of hydrogen-bond acceptors (Lipinski definition) is 5. The van der Waals surface area contributed by atoms with Crippen LogP contribution >= 0.6 is 0 Å². The molecule has 0 bridgehead atoms. The number of hydrogen-bond donors (Lipinski definition) is 3. The Morgan fingerprint density at radius 2 is 2.12 bits per heavy atom. The van der Waals surface area contributed by atoms with Gasteiger partial charge in [-0.2, -0.15) is 0 Å². The fourth-order valence-corrected chi connectivity index (χ4v) is 2.86. The van der Waals surface area contributed by atoms with Crippen molar-refractivity contribution in [2.24, 2.45) is 10.9 Å². The van der Waals surface area contributed by atoms with Crippen molar-refractivity contribution < 1.29 is 14.7 Å². The minimum Gasteiger partial charge on any atom is -0.397 e. The highest BCUT2D eigenvalue weighted by Crippen LogP contribution is 2.27. The van der Waals surface area contributed by atoms with Crippen molar-refractivity contribution in [1.29, 1.82) is 0 Å². The standard InChI is InChI=1S/C18H20N4O3/c1-9(2)5-15(25)21-13-7-11(19)17-16-10(8-20-17)6-12(22-18(13)16)14(24)3-4-23/h6-9,22-23H,3-5,19H2,1-2H3. The summed E-state index contributed by atoms with van der Waals surface area (Å²) >= 11 is 0. The molecule has 0 aliphatic heterocycles. The number of benzene rings is 1. The summed E-state index contributed by atoms with van der Waals surface area (Å²) in [6.45, 7) is 3.66. The lowest BCUT2D eigenvalue weighted by Gasteiger charge is -2.07. The zero-order valence-corrected chi connectivity index (χ0v) is 14.2. The molecule has 130 valence electrons. The highest BCUT2D eigenvalue weighted by atomic mass is 16.3. The number of carbonyl (C=O) groups is 2. The Kier molecular flexibility index (Phi) is 4.50. The lowest BCUT2D eigenvalue weighted by atomic mass is 10.1. The van der Waals surface area contributed by atoms with Gasteiger partial charge in [-0.25, -0.2) is 4.99 Å². The van der Waals surface area contributed by atoms with Crippen molar-refractivity contribution in [2.45, 2.75) is 26.7 Å². The van der Waals surface area contributed by atoms with E-state index in [1.165, 1.54) is 0 Å². The molecular weight excluding hydrogens is 320 g/mol. The van der Waals surface area contributed by atoms with E-state index in [0.717, 1.165) is 10.8 Å². The van der Waals surface area contributed by atoms with Crippen LogP contribution in [0.15, 0.2) is 23.3 Å². The van der Waals surface area contributed by atoms with Crippen LogP contribution in [0.1, 0.15) is 37.2 Å². The molecular formula is C18H20N4O3. The minimum atomic E-state index is -0.245. The number of nitrogens with two attached hydrogens (primary N) is 1. The summed E-state index contributed by atoms with van der Waals surface area (Å²) in [6.07, 6.45) is 1.98. The summed E-state index contributed by atoms with van der Waals surface area (Å²) in [5.41, 5.74) is 7.99. The number of rotatable bonds is 5. The average molecular weight is 340 g/mol. The maximum absolute atomic E-state index is 12.2. The van der Waals surface area contributed by atoms with Crippen molar-refractivity contribution in [3.8, 4) is 0 Å². The van der Waals surface area contributed by atoms with E-state index in [-0.39, 0.29) is 30.6 Å². The second-order valence-electron chi connectivity index (χ2n) is 6.48. The first-order valence-electron chi connectivity index (χ1n) is 8.16. The maximum atomic E-state index is 12.2. The largest absolute Gasteiger partial charge is 0.397 e. The van der Waals surface area contributed by atoms with Crippen LogP contribution in [-0.4, -0.2) is 33.4 Å². The van der Waals surface area contributed by atoms with Gasteiger partial charge in [0.1, 0.15) is 0 Å². The topological polar surface area (TPSA) is 121 Å². The number of carbonyl (C=O) groups excluding carboxylic acids is 2. The molecule has 0 saturated heterocycles. The molecule has 2 aromatic heterocycles. The van der Waals surface area contributed by atoms with Crippen LogP contribution in [0, 0.1) is 5.92 Å². The Bertz CT molecular complexity index is 1020. The second kappa shape index (κ2) is 6.60. The van der Waals surface area contributed by atoms with Crippen molar-refractivity contribution in [3.05, 3.63) is 29.4 Å². The molecule has 0 atom stereocenters. The number of nitrogens with zero attached hydrogens (tertiary/aromatic N) is 2. The summed E-state index contributed by atoms with van der Waals surface area (Å²) in [6, 6.07) is 3.28. The maximum Gasteiger partial charge on any atom is 0.246 e. The van der Waals surface area contributed by atoms with Gasteiger partial charge in [-0.3, -0.25) is 14.6 Å². The van der Waals surface area contributed by atoms with Crippen molar-refractivity contribution in [2.75, 3.05) is 12.3 Å². The SMILES string of the molecule is CC(C)CC(=O)N=c1cc(N)c2ncc3cc(C(=O)CCO)[nH]c1c32. The number of aromatic nitrogens is 2. The Morgan fingerprint density at radius 3 is 2.80 bits per heavy atom. The van der Waals surface area contributed by atoms with E-state index in [1.54, 1.807) is 18.3 Å². The zero-order valence-electron chi connectivity index (χ0n) is 14.2. The van der Waals surface area contributed by atoms with E-state index >= 15 is 0 Å². The normalized spacial score (nSPS) is 12.6. The third kappa shape index (κ3) is 3.23. The molecule has 0 unspecified atom stereocenters. The van der Waals surface area contributed by atoms with Crippen LogP contribution < -0.4 is 11.1 Å². The highest BCUT2D eigenvalue weighted by Gasteiger charge is 2.15. The Morgan fingerprint density at radius 1 is 1.36 bits per heavy atom. The van der Waals surface area contributed by atoms with Gasteiger partial charge in [0.15, 0.2) is 5.78 Å². The third-order valence-electron chi connectivity index (χ3n) is 3.96. The summed E-state index contributed by atoms with van der Waals surface area (Å²) in [5.74, 6) is -0.274. The van der Waals surface area contributed by atoms with Crippen molar-refractivity contribution >= 4 is 39.2 Å². The van der Waals surface area contributed by atoms with Crippen molar-refractivity contribution in [3.63, 3.8) is 0 Å². The molecule has 0 aliphatic carbocycles. The number of ketones is 1. The van der Waals surface area contributed by atoms with Gasteiger partial charge in [-0.1, -0.05) is 13.8 Å². The fourth-order valence-electron chi connectivity index (χ4n) is 2.86. The van der Waals surface area contributed by atoms with Gasteiger partial charge in [0.25, 0.3) is 0 Å². The zero-order chi connectivity index (χ0) is 18.1. The van der Waals surface area contributed by atoms with Gasteiger partial charge in [0.2, 0.25) is 5.91 Å². The number of aliphatic hydroxyl groups is 1. The molecule has 3 rings (SSSR count). The quantitative estimate of drug-likeness (QED) is 0.483. The van der Waals surface area contributed by atoms with E-state index in [0.29, 0.717) is 34.2 Å². The number of anilines is 1. The number of pyridine rings is 1. The predicted molar refractivity (Wildman–Crippen MR) is 95.3 cm³/mol. The average Bonchev–Trinajstić information content (AvgIpc) is 2.96. The second-order valence-corrected chi connectivity index (χ2v) is 6.48. The molecule has 3 aromatic rings. The van der Waals surface area contributed by atoms with Crippen LogP contribution in [-0.2, 0) is 4.79 Å². The van der Waals surface area contributed by atoms with E-state index in [4.69, 9.17) is 10.8 Å². The molecule has 7 heteroatoms. The summed E-state index contributed by atoms with van der Waals surface area (Å²) in [4.78, 5) is 35.8. The smallest absolute Gasteiger partial charge is 0.246 e. The van der Waals surface area contributed by atoms with Crippen LogP contribution in [0.2, 0.25) is 0 Å². The number of aliphatic hydroxyl groups excluding tert-OH is 1. The molecule has 7 nitrogen and oxygen atoms in total. The number of Topliss-reactive ketones (excluding diaryl/α,β-unsaturated/α-hetero) is 1. The molecule has 0 saturated carbocycles. The summed E-state index contributed by atoms with van der Waals surface area (Å²) in [5, 5.41) is 10.9. The Hall–Kier alpha value is -2.80. The molecule has 2 heterocycles. The predicted octanol–water partition coefficient (Wildman–Crippen LogP) is 1.77. The number of nitrogen functional groups attached to an aromatic ring is 1. The number of nitrogens with one attached hydrogen (secondary N) is 1. The van der Waals surface area contributed by atoms with Gasteiger partial charge >= 0.3 is 0 Å². The minimum absolute atomic E-state index is 0.0131. The van der Waals surface area contributed by atoms with E-state index in [1.807, 2.05) is 13.8 Å². The van der Waals surface area contributed by atoms with Crippen LogP contribution in [0.5, 0.6) is 0 Å². The molecule has 0 spiro atoms. The first-order valence-corrected chi connectivity index (χ1v) is 8.16. The monoisotopic (exact) mass is 340 g/mol. The molecule has 1 aromatic carbocycles. The lowest BCUT2D eigenvalue weighted by molar-refractivity contribution is -0.118. The molecule has 1 amide bonds. The molecule has 0 fully saturated rings. The summed E-state index contributed by atoms with van der Waals surface area (Å²) in [7, 11) is 0. The van der Waals surface area contributed by atoms with Crippen molar-refractivity contribution in [1.82, 2.24) is 9.97 Å². The number of H-pyrrole nitrogens is 1. The van der Waals surface area contributed by atoms with E-state index in [2.05, 4.69) is 15.0 Å². The first kappa shape index (κ1) is 17.0. The van der Waals surface area contributed by atoms with Crippen LogP contribution in [0.3, 0.4) is 0 Å². The van der Waals surface area contributed by atoms with E-state index in [9.17, 15) is 9.59 Å². The fraction of sp³-hybridized carbons (Fsp3) is 0.333. The lowest BCUT2D eigenvalue weighted by Crippen LogP contribution is -2.14. The highest BCUT2D eigenvalue weighted by molar-refractivity contribution is 6.13.